The largest absolute Gasteiger partial charge is 0.379 e. The van der Waals surface area contributed by atoms with Gasteiger partial charge in [0.1, 0.15) is 0 Å². The quantitative estimate of drug-likeness (QED) is 0.572. The van der Waals surface area contributed by atoms with E-state index in [1.807, 2.05) is 24.0 Å². The summed E-state index contributed by atoms with van der Waals surface area (Å²) in [4.78, 5) is 43.6. The van der Waals surface area contributed by atoms with Crippen LogP contribution in [0.25, 0.3) is 10.9 Å². The van der Waals surface area contributed by atoms with Crippen molar-refractivity contribution < 1.29 is 14.3 Å². The maximum atomic E-state index is 12.7. The lowest BCUT2D eigenvalue weighted by atomic mass is 10.1. The van der Waals surface area contributed by atoms with Crippen LogP contribution in [0.2, 0.25) is 0 Å². The Labute approximate surface area is 191 Å². The van der Waals surface area contributed by atoms with Gasteiger partial charge in [-0.1, -0.05) is 12.1 Å². The predicted molar refractivity (Wildman–Crippen MR) is 126 cm³/mol. The van der Waals surface area contributed by atoms with Crippen molar-refractivity contribution in [2.45, 2.75) is 19.9 Å². The van der Waals surface area contributed by atoms with Crippen LogP contribution in [-0.2, 0) is 20.9 Å². The zero-order valence-electron chi connectivity index (χ0n) is 18.5. The number of carbonyl (C=O) groups is 2. The summed E-state index contributed by atoms with van der Waals surface area (Å²) in [5.41, 5.74) is 2.74. The third kappa shape index (κ3) is 5.82. The summed E-state index contributed by atoms with van der Waals surface area (Å²) in [6.07, 6.45) is 1.62. The van der Waals surface area contributed by atoms with Crippen molar-refractivity contribution in [1.82, 2.24) is 14.5 Å². The van der Waals surface area contributed by atoms with Crippen LogP contribution >= 0.6 is 0 Å². The molecule has 2 aromatic carbocycles. The summed E-state index contributed by atoms with van der Waals surface area (Å²) < 4.78 is 6.74. The van der Waals surface area contributed by atoms with Gasteiger partial charge in [-0.2, -0.15) is 0 Å². The fraction of sp³-hybridized carbons (Fsp3) is 0.333. The molecule has 1 saturated heterocycles. The first kappa shape index (κ1) is 22.6. The second-order valence-electron chi connectivity index (χ2n) is 8.03. The van der Waals surface area contributed by atoms with Gasteiger partial charge in [0.15, 0.2) is 0 Å². The monoisotopic (exact) mass is 449 g/mol. The van der Waals surface area contributed by atoms with Crippen LogP contribution in [0.3, 0.4) is 0 Å². The van der Waals surface area contributed by atoms with E-state index >= 15 is 0 Å². The topological polar surface area (TPSA) is 106 Å². The van der Waals surface area contributed by atoms with Crippen LogP contribution in [0.15, 0.2) is 53.6 Å². The smallest absolute Gasteiger partial charge is 0.261 e. The maximum absolute atomic E-state index is 12.7. The lowest BCUT2D eigenvalue weighted by Crippen LogP contribution is -2.41. The molecule has 2 N–H and O–H groups in total. The second kappa shape index (κ2) is 10.4. The highest BCUT2D eigenvalue weighted by Crippen LogP contribution is 2.15. The molecule has 0 atom stereocenters. The summed E-state index contributed by atoms with van der Waals surface area (Å²) >= 11 is 0. The average Bonchev–Trinajstić information content (AvgIpc) is 2.81. The number of fused-ring (bicyclic) bond motifs is 1. The Bertz CT molecular complexity index is 1200. The number of anilines is 2. The molecule has 1 fully saturated rings. The van der Waals surface area contributed by atoms with E-state index in [0.717, 1.165) is 18.7 Å². The van der Waals surface area contributed by atoms with Crippen LogP contribution in [-0.4, -0.2) is 59.1 Å². The van der Waals surface area contributed by atoms with Gasteiger partial charge in [0, 0.05) is 37.4 Å². The first-order valence-electron chi connectivity index (χ1n) is 10.9. The molecule has 0 unspecified atom stereocenters. The van der Waals surface area contributed by atoms with Crippen molar-refractivity contribution in [3.8, 4) is 0 Å². The van der Waals surface area contributed by atoms with Gasteiger partial charge in [0.2, 0.25) is 11.8 Å². The number of rotatable bonds is 7. The highest BCUT2D eigenvalue weighted by atomic mass is 16.5. The Kier molecular flexibility index (Phi) is 7.11. The first-order valence-corrected chi connectivity index (χ1v) is 10.9. The van der Waals surface area contributed by atoms with Crippen molar-refractivity contribution in [3.05, 3.63) is 64.7 Å². The molecular formula is C24H27N5O4. The van der Waals surface area contributed by atoms with Crippen molar-refractivity contribution in [2.75, 3.05) is 43.5 Å². The molecule has 9 heteroatoms. The number of nitrogens with zero attached hydrogens (tertiary/aromatic N) is 3. The Morgan fingerprint density at radius 1 is 1.00 bits per heavy atom. The molecule has 0 spiro atoms. The van der Waals surface area contributed by atoms with Crippen LogP contribution in [0.5, 0.6) is 0 Å². The Hall–Kier alpha value is -3.56. The normalized spacial score (nSPS) is 14.2. The number of amides is 2. The fourth-order valence-electron chi connectivity index (χ4n) is 3.74. The standard InChI is InChI=1S/C24H27N5O4/c1-17-3-2-4-20-23(17)25-16-29(24(20)32)10-9-21(30)26-18-5-7-19(8-6-18)27-22(31)15-28-11-13-33-14-12-28/h2-8,16H,9-15H2,1H3,(H,26,30)(H,27,31). The summed E-state index contributed by atoms with van der Waals surface area (Å²) in [5, 5.41) is 6.22. The first-order chi connectivity index (χ1) is 16.0. The molecule has 33 heavy (non-hydrogen) atoms. The van der Waals surface area contributed by atoms with Gasteiger partial charge in [-0.25, -0.2) is 4.98 Å². The zero-order valence-corrected chi connectivity index (χ0v) is 18.5. The Balaban J connectivity index is 1.28. The molecule has 4 rings (SSSR count). The minimum absolute atomic E-state index is 0.0849. The van der Waals surface area contributed by atoms with E-state index in [0.29, 0.717) is 42.0 Å². The van der Waals surface area contributed by atoms with Gasteiger partial charge in [0.25, 0.3) is 5.56 Å². The van der Waals surface area contributed by atoms with Crippen molar-refractivity contribution in [1.29, 1.82) is 0 Å². The lowest BCUT2D eigenvalue weighted by molar-refractivity contribution is -0.118. The highest BCUT2D eigenvalue weighted by Gasteiger charge is 2.14. The summed E-state index contributed by atoms with van der Waals surface area (Å²) in [6, 6.07) is 12.4. The van der Waals surface area contributed by atoms with Crippen LogP contribution < -0.4 is 16.2 Å². The van der Waals surface area contributed by atoms with E-state index in [9.17, 15) is 14.4 Å². The molecule has 3 aromatic rings. The van der Waals surface area contributed by atoms with E-state index in [-0.39, 0.29) is 30.3 Å². The van der Waals surface area contributed by atoms with Crippen molar-refractivity contribution >= 4 is 34.1 Å². The van der Waals surface area contributed by atoms with Crippen LogP contribution in [0.4, 0.5) is 11.4 Å². The minimum atomic E-state index is -0.213. The van der Waals surface area contributed by atoms with E-state index in [4.69, 9.17) is 4.74 Å². The molecule has 1 aliphatic rings. The van der Waals surface area contributed by atoms with Crippen LogP contribution in [0.1, 0.15) is 12.0 Å². The number of hydrogen-bond donors (Lipinski definition) is 2. The minimum Gasteiger partial charge on any atom is -0.379 e. The number of hydrogen-bond acceptors (Lipinski definition) is 6. The molecule has 1 aromatic heterocycles. The van der Waals surface area contributed by atoms with Crippen molar-refractivity contribution in [2.24, 2.45) is 0 Å². The Morgan fingerprint density at radius 2 is 1.67 bits per heavy atom. The fourth-order valence-corrected chi connectivity index (χ4v) is 3.74. The summed E-state index contributed by atoms with van der Waals surface area (Å²) in [7, 11) is 0. The molecule has 172 valence electrons. The lowest BCUT2D eigenvalue weighted by Gasteiger charge is -2.25. The number of ether oxygens (including phenoxy) is 1. The molecule has 0 saturated carbocycles. The number of aryl methyl sites for hydroxylation is 2. The van der Waals surface area contributed by atoms with Gasteiger partial charge in [-0.05, 0) is 42.8 Å². The van der Waals surface area contributed by atoms with Gasteiger partial charge < -0.3 is 15.4 Å². The van der Waals surface area contributed by atoms with Crippen LogP contribution in [0, 0.1) is 6.92 Å². The van der Waals surface area contributed by atoms with Gasteiger partial charge >= 0.3 is 0 Å². The molecule has 0 radical (unpaired) electrons. The Morgan fingerprint density at radius 3 is 2.36 bits per heavy atom. The van der Waals surface area contributed by atoms with Crippen molar-refractivity contribution in [3.63, 3.8) is 0 Å². The number of morpholine rings is 1. The van der Waals surface area contributed by atoms with E-state index < -0.39 is 0 Å². The van der Waals surface area contributed by atoms with Gasteiger partial charge in [0.05, 0.1) is 37.0 Å². The molecule has 0 bridgehead atoms. The number of carbonyl (C=O) groups excluding carboxylic acids is 2. The summed E-state index contributed by atoms with van der Waals surface area (Å²) in [5.74, 6) is -0.298. The zero-order chi connectivity index (χ0) is 23.2. The van der Waals surface area contributed by atoms with E-state index in [1.54, 1.807) is 30.3 Å². The SMILES string of the molecule is Cc1cccc2c(=O)n(CCC(=O)Nc3ccc(NC(=O)CN4CCOCC4)cc3)cnc12. The molecule has 9 nitrogen and oxygen atoms in total. The molecule has 2 heterocycles. The molecule has 0 aliphatic carbocycles. The average molecular weight is 450 g/mol. The third-order valence-corrected chi connectivity index (χ3v) is 5.56. The summed E-state index contributed by atoms with van der Waals surface area (Å²) in [6.45, 7) is 5.26. The third-order valence-electron chi connectivity index (χ3n) is 5.56. The van der Waals surface area contributed by atoms with E-state index in [2.05, 4.69) is 15.6 Å². The molecule has 1 aliphatic heterocycles. The second-order valence-corrected chi connectivity index (χ2v) is 8.03. The maximum Gasteiger partial charge on any atom is 0.261 e. The highest BCUT2D eigenvalue weighted by molar-refractivity contribution is 5.93. The number of para-hydroxylation sites is 1. The molecule has 2 amide bonds. The number of aromatic nitrogens is 2. The number of benzene rings is 2. The van der Waals surface area contributed by atoms with Gasteiger partial charge in [-0.15, -0.1) is 0 Å². The predicted octanol–water partition coefficient (Wildman–Crippen LogP) is 2.00. The molecular weight excluding hydrogens is 422 g/mol. The number of nitrogens with one attached hydrogen (secondary N) is 2. The van der Waals surface area contributed by atoms with Gasteiger partial charge in [-0.3, -0.25) is 23.9 Å². The van der Waals surface area contributed by atoms with E-state index in [1.165, 1.54) is 10.9 Å².